The molecule has 1 aromatic heterocycles. The van der Waals surface area contributed by atoms with E-state index in [1.165, 1.54) is 4.80 Å². The highest BCUT2D eigenvalue weighted by atomic mass is 35.5. The lowest BCUT2D eigenvalue weighted by molar-refractivity contribution is 0.0994. The third-order valence-electron chi connectivity index (χ3n) is 2.25. The second kappa shape index (κ2) is 6.64. The summed E-state index contributed by atoms with van der Waals surface area (Å²) in [5, 5.41) is 17.2. The molecule has 0 saturated heterocycles. The fourth-order valence-electron chi connectivity index (χ4n) is 1.46. The number of carbonyl (C=O) groups excluding carboxylic acids is 1. The Hall–Kier alpha value is -2.45. The third kappa shape index (κ3) is 3.31. The first-order valence-electron chi connectivity index (χ1n) is 5.38. The fraction of sp³-hybridized carbons (Fsp3) is 0.0909. The molecule has 0 atom stereocenters. The van der Waals surface area contributed by atoms with E-state index < -0.39 is 12.5 Å². The zero-order valence-corrected chi connectivity index (χ0v) is 11.1. The van der Waals surface area contributed by atoms with Gasteiger partial charge in [-0.2, -0.15) is 9.79 Å². The highest BCUT2D eigenvalue weighted by molar-refractivity contribution is 6.01. The molecule has 5 N–H and O–H groups in total. The van der Waals surface area contributed by atoms with Gasteiger partial charge in [0.2, 0.25) is 0 Å². The molecule has 1 heterocycles. The highest BCUT2D eigenvalue weighted by Crippen LogP contribution is 2.10. The number of guanidine groups is 1. The molecule has 1 aromatic carbocycles. The SMILES string of the molecule is Cl.NC(N)=NC(=O)c1nn(-c2ccccc2)nc1CO. The van der Waals surface area contributed by atoms with Crippen molar-refractivity contribution in [3.05, 3.63) is 41.7 Å². The van der Waals surface area contributed by atoms with E-state index in [1.54, 1.807) is 24.3 Å². The monoisotopic (exact) mass is 296 g/mol. The number of carbonyl (C=O) groups is 1. The first-order chi connectivity index (χ1) is 9.11. The van der Waals surface area contributed by atoms with Crippen LogP contribution in [-0.2, 0) is 6.61 Å². The molecule has 0 aliphatic rings. The van der Waals surface area contributed by atoms with Gasteiger partial charge in [0.25, 0.3) is 0 Å². The number of hydrogen-bond donors (Lipinski definition) is 3. The molecule has 0 bridgehead atoms. The molecular formula is C11H13ClN6O2. The van der Waals surface area contributed by atoms with Gasteiger partial charge in [0, 0.05) is 0 Å². The number of nitrogens with zero attached hydrogens (tertiary/aromatic N) is 4. The first kappa shape index (κ1) is 15.6. The van der Waals surface area contributed by atoms with E-state index in [0.717, 1.165) is 0 Å². The quantitative estimate of drug-likeness (QED) is 0.521. The Morgan fingerprint density at radius 3 is 2.45 bits per heavy atom. The Labute approximate surface area is 120 Å². The summed E-state index contributed by atoms with van der Waals surface area (Å²) >= 11 is 0. The second-order valence-corrected chi connectivity index (χ2v) is 3.62. The van der Waals surface area contributed by atoms with Crippen molar-refractivity contribution in [2.75, 3.05) is 0 Å². The minimum Gasteiger partial charge on any atom is -0.390 e. The molecular weight excluding hydrogens is 284 g/mol. The Morgan fingerprint density at radius 1 is 1.25 bits per heavy atom. The molecule has 20 heavy (non-hydrogen) atoms. The van der Waals surface area contributed by atoms with E-state index in [9.17, 15) is 9.90 Å². The third-order valence-corrected chi connectivity index (χ3v) is 2.25. The molecule has 0 unspecified atom stereocenters. The standard InChI is InChI=1S/C11H12N6O2.ClH/c12-11(13)14-10(19)9-8(6-18)15-17(16-9)7-4-2-1-3-5-7;/h1-5,18H,6H2,(H4,12,13,14,19);1H. The summed E-state index contributed by atoms with van der Waals surface area (Å²) in [6.07, 6.45) is 0. The summed E-state index contributed by atoms with van der Waals surface area (Å²) in [5.41, 5.74) is 10.9. The zero-order chi connectivity index (χ0) is 13.8. The Balaban J connectivity index is 0.00000200. The van der Waals surface area contributed by atoms with E-state index in [2.05, 4.69) is 15.2 Å². The van der Waals surface area contributed by atoms with Crippen molar-refractivity contribution >= 4 is 24.3 Å². The largest absolute Gasteiger partial charge is 0.390 e. The molecule has 8 nitrogen and oxygen atoms in total. The van der Waals surface area contributed by atoms with Crippen LogP contribution in [0.1, 0.15) is 16.2 Å². The summed E-state index contributed by atoms with van der Waals surface area (Å²) in [6, 6.07) is 8.96. The number of aliphatic imine (C=N–C) groups is 1. The van der Waals surface area contributed by atoms with E-state index in [-0.39, 0.29) is 29.8 Å². The van der Waals surface area contributed by atoms with Gasteiger partial charge in [-0.15, -0.1) is 22.6 Å². The minimum atomic E-state index is -0.744. The van der Waals surface area contributed by atoms with Crippen molar-refractivity contribution in [2.24, 2.45) is 16.5 Å². The van der Waals surface area contributed by atoms with Gasteiger partial charge >= 0.3 is 5.91 Å². The van der Waals surface area contributed by atoms with Crippen molar-refractivity contribution in [2.45, 2.75) is 6.61 Å². The molecule has 2 rings (SSSR count). The molecule has 0 aliphatic heterocycles. The normalized spacial score (nSPS) is 9.65. The van der Waals surface area contributed by atoms with Gasteiger partial charge in [0.1, 0.15) is 5.69 Å². The molecule has 0 aliphatic carbocycles. The van der Waals surface area contributed by atoms with Crippen molar-refractivity contribution in [1.29, 1.82) is 0 Å². The van der Waals surface area contributed by atoms with E-state index in [4.69, 9.17) is 11.5 Å². The number of benzene rings is 1. The summed E-state index contributed by atoms with van der Waals surface area (Å²) < 4.78 is 0. The summed E-state index contributed by atoms with van der Waals surface area (Å²) in [5.74, 6) is -1.12. The number of aliphatic hydroxyl groups excluding tert-OH is 1. The van der Waals surface area contributed by atoms with Crippen LogP contribution < -0.4 is 11.5 Å². The van der Waals surface area contributed by atoms with Crippen LogP contribution in [0.2, 0.25) is 0 Å². The fourth-order valence-corrected chi connectivity index (χ4v) is 1.46. The van der Waals surface area contributed by atoms with Crippen LogP contribution in [0, 0.1) is 0 Å². The van der Waals surface area contributed by atoms with Gasteiger partial charge in [0.15, 0.2) is 11.7 Å². The van der Waals surface area contributed by atoms with Crippen molar-refractivity contribution in [3.63, 3.8) is 0 Å². The smallest absolute Gasteiger partial charge is 0.302 e. The summed E-state index contributed by atoms with van der Waals surface area (Å²) in [4.78, 5) is 16.3. The van der Waals surface area contributed by atoms with Crippen molar-refractivity contribution in [3.8, 4) is 5.69 Å². The molecule has 0 fully saturated rings. The number of halogens is 1. The van der Waals surface area contributed by atoms with Crippen LogP contribution in [0.15, 0.2) is 35.3 Å². The maximum Gasteiger partial charge on any atom is 0.302 e. The average Bonchev–Trinajstić information content (AvgIpc) is 2.83. The number of aromatic nitrogens is 3. The highest BCUT2D eigenvalue weighted by Gasteiger charge is 2.18. The molecule has 2 aromatic rings. The van der Waals surface area contributed by atoms with Gasteiger partial charge in [-0.1, -0.05) is 18.2 Å². The number of hydrogen-bond acceptors (Lipinski definition) is 4. The maximum absolute atomic E-state index is 11.7. The molecule has 9 heteroatoms. The average molecular weight is 297 g/mol. The molecule has 106 valence electrons. The molecule has 1 amide bonds. The van der Waals surface area contributed by atoms with E-state index >= 15 is 0 Å². The number of aliphatic hydroxyl groups is 1. The lowest BCUT2D eigenvalue weighted by atomic mass is 10.3. The van der Waals surface area contributed by atoms with E-state index in [0.29, 0.717) is 5.69 Å². The Morgan fingerprint density at radius 2 is 1.90 bits per heavy atom. The Kier molecular flexibility index (Phi) is 5.18. The van der Waals surface area contributed by atoms with E-state index in [1.807, 2.05) is 6.07 Å². The van der Waals surface area contributed by atoms with Crippen LogP contribution in [0.25, 0.3) is 5.69 Å². The Bertz CT molecular complexity index is 621. The number of rotatable bonds is 3. The van der Waals surface area contributed by atoms with Gasteiger partial charge in [-0.25, -0.2) is 0 Å². The van der Waals surface area contributed by atoms with Gasteiger partial charge in [0.05, 0.1) is 12.3 Å². The number of para-hydroxylation sites is 1. The molecule has 0 spiro atoms. The van der Waals surface area contributed by atoms with Crippen molar-refractivity contribution < 1.29 is 9.90 Å². The minimum absolute atomic E-state index is 0. The topological polar surface area (TPSA) is 132 Å². The lowest BCUT2D eigenvalue weighted by Crippen LogP contribution is -2.24. The number of nitrogens with two attached hydrogens (primary N) is 2. The molecule has 0 radical (unpaired) electrons. The number of amides is 1. The van der Waals surface area contributed by atoms with Gasteiger partial charge < -0.3 is 16.6 Å². The lowest BCUT2D eigenvalue weighted by Gasteiger charge is -1.96. The van der Waals surface area contributed by atoms with Crippen LogP contribution in [0.5, 0.6) is 0 Å². The summed E-state index contributed by atoms with van der Waals surface area (Å²) in [6.45, 7) is -0.437. The first-order valence-corrected chi connectivity index (χ1v) is 5.38. The van der Waals surface area contributed by atoms with Crippen LogP contribution >= 0.6 is 12.4 Å². The van der Waals surface area contributed by atoms with Crippen LogP contribution in [0.3, 0.4) is 0 Å². The zero-order valence-electron chi connectivity index (χ0n) is 10.3. The van der Waals surface area contributed by atoms with Crippen LogP contribution in [0.4, 0.5) is 0 Å². The van der Waals surface area contributed by atoms with Gasteiger partial charge in [-0.3, -0.25) is 4.79 Å². The maximum atomic E-state index is 11.7. The predicted molar refractivity (Wildman–Crippen MR) is 74.7 cm³/mol. The van der Waals surface area contributed by atoms with Crippen LogP contribution in [-0.4, -0.2) is 32.0 Å². The summed E-state index contributed by atoms with van der Waals surface area (Å²) in [7, 11) is 0. The molecule has 0 saturated carbocycles. The second-order valence-electron chi connectivity index (χ2n) is 3.62. The predicted octanol–water partition coefficient (Wildman–Crippen LogP) is -0.405. The van der Waals surface area contributed by atoms with Crippen molar-refractivity contribution in [1.82, 2.24) is 15.0 Å². The van der Waals surface area contributed by atoms with Gasteiger partial charge in [-0.05, 0) is 12.1 Å².